The zero-order chi connectivity index (χ0) is 14.7. The van der Waals surface area contributed by atoms with E-state index in [4.69, 9.17) is 0 Å². The predicted octanol–water partition coefficient (Wildman–Crippen LogP) is 4.25. The van der Waals surface area contributed by atoms with Crippen LogP contribution in [0.3, 0.4) is 0 Å². The summed E-state index contributed by atoms with van der Waals surface area (Å²) in [6.45, 7) is 0.128. The van der Waals surface area contributed by atoms with Gasteiger partial charge in [0.15, 0.2) is 0 Å². The van der Waals surface area contributed by atoms with E-state index in [0.717, 1.165) is 18.2 Å². The first-order chi connectivity index (χ1) is 9.49. The van der Waals surface area contributed by atoms with Gasteiger partial charge in [-0.15, -0.1) is 0 Å². The van der Waals surface area contributed by atoms with Crippen molar-refractivity contribution in [3.05, 3.63) is 68.2 Å². The fourth-order valence-corrected chi connectivity index (χ4v) is 2.22. The van der Waals surface area contributed by atoms with Crippen LogP contribution < -0.4 is 5.32 Å². The molecule has 0 saturated heterocycles. The molecule has 2 aromatic rings. The predicted molar refractivity (Wildman–Crippen MR) is 74.5 cm³/mol. The number of halogens is 3. The molecule has 0 heterocycles. The molecule has 0 atom stereocenters. The molecule has 0 spiro atoms. The highest BCUT2D eigenvalue weighted by atomic mass is 79.9. The number of rotatable bonds is 4. The van der Waals surface area contributed by atoms with Crippen molar-refractivity contribution in [1.82, 2.24) is 0 Å². The van der Waals surface area contributed by atoms with Crippen molar-refractivity contribution in [3.63, 3.8) is 0 Å². The molecule has 104 valence electrons. The Morgan fingerprint density at radius 2 is 2.00 bits per heavy atom. The van der Waals surface area contributed by atoms with Gasteiger partial charge in [-0.1, -0.05) is 12.1 Å². The summed E-state index contributed by atoms with van der Waals surface area (Å²) >= 11 is 3.14. The van der Waals surface area contributed by atoms with E-state index in [9.17, 15) is 18.9 Å². The van der Waals surface area contributed by atoms with Crippen molar-refractivity contribution < 1.29 is 13.7 Å². The number of nitrogens with zero attached hydrogens (tertiary/aromatic N) is 1. The van der Waals surface area contributed by atoms with Gasteiger partial charge in [0.25, 0.3) is 5.69 Å². The van der Waals surface area contributed by atoms with Crippen molar-refractivity contribution in [2.75, 3.05) is 5.32 Å². The van der Waals surface area contributed by atoms with Crippen LogP contribution in [0.2, 0.25) is 0 Å². The Labute approximate surface area is 121 Å². The second kappa shape index (κ2) is 5.96. The fourth-order valence-electron chi connectivity index (χ4n) is 1.67. The maximum absolute atomic E-state index is 13.4. The van der Waals surface area contributed by atoms with E-state index in [1.807, 2.05) is 0 Å². The molecule has 2 aromatic carbocycles. The van der Waals surface area contributed by atoms with Gasteiger partial charge in [-0.05, 0) is 39.7 Å². The molecule has 0 saturated carbocycles. The molecule has 4 nitrogen and oxygen atoms in total. The van der Waals surface area contributed by atoms with Crippen LogP contribution in [0.25, 0.3) is 0 Å². The van der Waals surface area contributed by atoms with E-state index < -0.39 is 16.6 Å². The average Bonchev–Trinajstić information content (AvgIpc) is 2.41. The van der Waals surface area contributed by atoms with Crippen LogP contribution in [0.4, 0.5) is 20.2 Å². The van der Waals surface area contributed by atoms with Crippen LogP contribution in [0.5, 0.6) is 0 Å². The molecule has 0 amide bonds. The Morgan fingerprint density at radius 1 is 1.25 bits per heavy atom. The fraction of sp³-hybridized carbons (Fsp3) is 0.0769. The Kier molecular flexibility index (Phi) is 4.29. The summed E-state index contributed by atoms with van der Waals surface area (Å²) in [4.78, 5) is 10.3. The lowest BCUT2D eigenvalue weighted by atomic mass is 10.2. The third-order valence-corrected chi connectivity index (χ3v) is 3.57. The molecule has 0 aliphatic heterocycles. The molecular weight excluding hydrogens is 334 g/mol. The van der Waals surface area contributed by atoms with E-state index in [0.29, 0.717) is 10.0 Å². The molecule has 0 aromatic heterocycles. The molecular formula is C13H9BrF2N2O2. The van der Waals surface area contributed by atoms with Gasteiger partial charge in [-0.25, -0.2) is 8.78 Å². The van der Waals surface area contributed by atoms with Crippen LogP contribution in [0.1, 0.15) is 5.56 Å². The van der Waals surface area contributed by atoms with Crippen LogP contribution in [-0.2, 0) is 6.54 Å². The van der Waals surface area contributed by atoms with E-state index >= 15 is 0 Å². The molecule has 0 unspecified atom stereocenters. The van der Waals surface area contributed by atoms with Crippen molar-refractivity contribution in [3.8, 4) is 0 Å². The number of benzene rings is 2. The van der Waals surface area contributed by atoms with Crippen molar-refractivity contribution in [1.29, 1.82) is 0 Å². The molecule has 0 radical (unpaired) electrons. The molecule has 1 N–H and O–H groups in total. The number of hydrogen-bond donors (Lipinski definition) is 1. The minimum absolute atomic E-state index is 0.00315. The number of nitro benzene ring substituents is 1. The second-order valence-electron chi connectivity index (χ2n) is 3.99. The van der Waals surface area contributed by atoms with Crippen molar-refractivity contribution >= 4 is 27.3 Å². The topological polar surface area (TPSA) is 55.2 Å². The maximum atomic E-state index is 13.4. The molecule has 7 heteroatoms. The van der Waals surface area contributed by atoms with Gasteiger partial charge < -0.3 is 5.32 Å². The second-order valence-corrected chi connectivity index (χ2v) is 4.78. The highest BCUT2D eigenvalue weighted by molar-refractivity contribution is 9.10. The summed E-state index contributed by atoms with van der Waals surface area (Å²) in [7, 11) is 0. The molecule has 20 heavy (non-hydrogen) atoms. The summed E-state index contributed by atoms with van der Waals surface area (Å²) in [5, 5.41) is 13.5. The summed E-state index contributed by atoms with van der Waals surface area (Å²) < 4.78 is 26.8. The lowest BCUT2D eigenvalue weighted by Gasteiger charge is -2.09. The number of nitro groups is 1. The molecule has 0 bridgehead atoms. The van der Waals surface area contributed by atoms with Crippen LogP contribution >= 0.6 is 15.9 Å². The van der Waals surface area contributed by atoms with E-state index in [1.54, 1.807) is 6.07 Å². The normalized spacial score (nSPS) is 10.3. The van der Waals surface area contributed by atoms with Crippen molar-refractivity contribution in [2.24, 2.45) is 0 Å². The molecule has 0 fully saturated rings. The molecule has 0 aliphatic carbocycles. The van der Waals surface area contributed by atoms with Crippen LogP contribution in [0.15, 0.2) is 40.9 Å². The summed E-state index contributed by atoms with van der Waals surface area (Å²) in [6.07, 6.45) is 0. The van der Waals surface area contributed by atoms with Crippen LogP contribution in [-0.4, -0.2) is 4.92 Å². The SMILES string of the molecule is O=[N+]([O-])c1cccc(CNc2cc(F)ccc2F)c1Br. The zero-order valence-electron chi connectivity index (χ0n) is 10.1. The van der Waals surface area contributed by atoms with E-state index in [1.165, 1.54) is 12.1 Å². The quantitative estimate of drug-likeness (QED) is 0.667. The third-order valence-electron chi connectivity index (χ3n) is 2.65. The first-order valence-electron chi connectivity index (χ1n) is 5.59. The van der Waals surface area contributed by atoms with Crippen molar-refractivity contribution in [2.45, 2.75) is 6.54 Å². The summed E-state index contributed by atoms with van der Waals surface area (Å²) in [5.41, 5.74) is 0.496. The van der Waals surface area contributed by atoms with Gasteiger partial charge in [0.2, 0.25) is 0 Å². The monoisotopic (exact) mass is 342 g/mol. The minimum atomic E-state index is -0.590. The lowest BCUT2D eigenvalue weighted by molar-refractivity contribution is -0.385. The average molecular weight is 343 g/mol. The maximum Gasteiger partial charge on any atom is 0.283 e. The van der Waals surface area contributed by atoms with E-state index in [2.05, 4.69) is 21.2 Å². The number of anilines is 1. The third kappa shape index (κ3) is 3.11. The lowest BCUT2D eigenvalue weighted by Crippen LogP contribution is -2.03. The van der Waals surface area contributed by atoms with Gasteiger partial charge in [-0.3, -0.25) is 10.1 Å². The summed E-state index contributed by atoms with van der Waals surface area (Å²) in [6, 6.07) is 7.60. The van der Waals surface area contributed by atoms with E-state index in [-0.39, 0.29) is 17.9 Å². The Hall–Kier alpha value is -2.02. The Morgan fingerprint density at radius 3 is 2.70 bits per heavy atom. The van der Waals surface area contributed by atoms with Gasteiger partial charge in [0, 0.05) is 12.6 Å². The van der Waals surface area contributed by atoms with Crippen LogP contribution in [0, 0.1) is 21.7 Å². The van der Waals surface area contributed by atoms with Gasteiger partial charge in [0.05, 0.1) is 10.6 Å². The highest BCUT2D eigenvalue weighted by Gasteiger charge is 2.14. The standard InChI is InChI=1S/C13H9BrF2N2O2/c14-13-8(2-1-3-12(13)18(19)20)7-17-11-6-9(15)4-5-10(11)16/h1-6,17H,7H2. The molecule has 2 rings (SSSR count). The van der Waals surface area contributed by atoms with Gasteiger partial charge in [-0.2, -0.15) is 0 Å². The molecule has 0 aliphatic rings. The smallest absolute Gasteiger partial charge is 0.283 e. The Bertz CT molecular complexity index is 665. The number of hydrogen-bond acceptors (Lipinski definition) is 3. The number of nitrogens with one attached hydrogen (secondary N) is 1. The highest BCUT2D eigenvalue weighted by Crippen LogP contribution is 2.29. The first-order valence-corrected chi connectivity index (χ1v) is 6.39. The zero-order valence-corrected chi connectivity index (χ0v) is 11.7. The first kappa shape index (κ1) is 14.4. The minimum Gasteiger partial charge on any atom is -0.378 e. The largest absolute Gasteiger partial charge is 0.378 e. The van der Waals surface area contributed by atoms with Gasteiger partial charge >= 0.3 is 0 Å². The Balaban J connectivity index is 2.21. The van der Waals surface area contributed by atoms with Gasteiger partial charge in [0.1, 0.15) is 16.1 Å². The summed E-state index contributed by atoms with van der Waals surface area (Å²) in [5.74, 6) is -1.15.